The fourth-order valence-corrected chi connectivity index (χ4v) is 5.64. The van der Waals surface area contributed by atoms with Gasteiger partial charge in [-0.3, -0.25) is 23.7 Å². The van der Waals surface area contributed by atoms with Crippen molar-refractivity contribution in [1.82, 2.24) is 5.32 Å². The summed E-state index contributed by atoms with van der Waals surface area (Å²) in [6, 6.07) is 0. The zero-order valence-electron chi connectivity index (χ0n) is 22.7. The molecule has 0 bridgehead atoms. The van der Waals surface area contributed by atoms with Gasteiger partial charge in [0, 0.05) is 6.54 Å². The highest BCUT2D eigenvalue weighted by Gasteiger charge is 2.61. The second-order valence-corrected chi connectivity index (χ2v) is 11.7. The van der Waals surface area contributed by atoms with Crippen LogP contribution in [-0.2, 0) is 29.3 Å². The quantitative estimate of drug-likeness (QED) is 0.0768. The first kappa shape index (κ1) is 35.8. The number of rotatable bonds is 25. The Morgan fingerprint density at radius 2 is 1.11 bits per heavy atom. The number of unbranched alkanes of at least 4 members (excludes halogenated alkanes) is 15. The molecular formula is C26H47NO10S. The predicted molar refractivity (Wildman–Crippen MR) is 142 cm³/mol. The Morgan fingerprint density at radius 3 is 1.42 bits per heavy atom. The number of carbonyl (C=O) groups is 4. The molecular weight excluding hydrogens is 518 g/mol. The lowest BCUT2D eigenvalue weighted by atomic mass is 9.85. The standard InChI is InChI=1S/C26H47NO10S/c1-2-3-4-5-6-7-8-9-10-11-12-13-14-15-16-17-18-27-22(28)20-26(25(33)34,38(35,36)37)21(24(31)32)19-23(29)30/h21H,2-20H2,1H3,(H,27,28)(H,29,30)(H,31,32)(H,33,34)(H,35,36,37). The molecule has 5 N–H and O–H groups in total. The van der Waals surface area contributed by atoms with E-state index in [0.717, 1.165) is 25.7 Å². The van der Waals surface area contributed by atoms with Gasteiger partial charge in [-0.2, -0.15) is 8.42 Å². The third-order valence-corrected chi connectivity index (χ3v) is 8.36. The summed E-state index contributed by atoms with van der Waals surface area (Å²) in [7, 11) is -5.68. The first-order chi connectivity index (χ1) is 17.9. The molecule has 0 radical (unpaired) electrons. The molecule has 222 valence electrons. The Hall–Kier alpha value is -2.21. The summed E-state index contributed by atoms with van der Waals surface area (Å²) in [6.45, 7) is 2.33. The van der Waals surface area contributed by atoms with Crippen molar-refractivity contribution in [1.29, 1.82) is 0 Å². The highest BCUT2D eigenvalue weighted by atomic mass is 32.2. The van der Waals surface area contributed by atoms with E-state index in [2.05, 4.69) is 12.2 Å². The van der Waals surface area contributed by atoms with E-state index in [4.69, 9.17) is 5.11 Å². The van der Waals surface area contributed by atoms with Gasteiger partial charge in [0.1, 0.15) is 5.92 Å². The van der Waals surface area contributed by atoms with Gasteiger partial charge in [-0.15, -0.1) is 0 Å². The van der Waals surface area contributed by atoms with E-state index >= 15 is 0 Å². The van der Waals surface area contributed by atoms with Gasteiger partial charge in [0.25, 0.3) is 10.1 Å². The van der Waals surface area contributed by atoms with Gasteiger partial charge < -0.3 is 20.6 Å². The zero-order chi connectivity index (χ0) is 29.0. The molecule has 0 saturated heterocycles. The monoisotopic (exact) mass is 565 g/mol. The summed E-state index contributed by atoms with van der Waals surface area (Å²) in [5.74, 6) is -9.86. The van der Waals surface area contributed by atoms with Crippen molar-refractivity contribution in [2.75, 3.05) is 6.54 Å². The van der Waals surface area contributed by atoms with E-state index in [0.29, 0.717) is 6.42 Å². The summed E-state index contributed by atoms with van der Waals surface area (Å²) in [4.78, 5) is 46.6. The van der Waals surface area contributed by atoms with Crippen LogP contribution in [0.15, 0.2) is 0 Å². The molecule has 0 aromatic heterocycles. The molecule has 0 saturated carbocycles. The molecule has 0 spiro atoms. The van der Waals surface area contributed by atoms with Crippen LogP contribution in [0.2, 0.25) is 0 Å². The molecule has 0 aromatic rings. The fourth-order valence-electron chi connectivity index (χ4n) is 4.56. The highest BCUT2D eigenvalue weighted by Crippen LogP contribution is 2.34. The number of carbonyl (C=O) groups excluding carboxylic acids is 1. The van der Waals surface area contributed by atoms with Gasteiger partial charge in [-0.05, 0) is 6.42 Å². The van der Waals surface area contributed by atoms with E-state index in [9.17, 15) is 42.4 Å². The topological polar surface area (TPSA) is 195 Å². The lowest BCUT2D eigenvalue weighted by molar-refractivity contribution is -0.156. The van der Waals surface area contributed by atoms with Gasteiger partial charge in [0.15, 0.2) is 0 Å². The Kier molecular flexibility index (Phi) is 18.6. The number of aliphatic carboxylic acids is 3. The number of hydrogen-bond acceptors (Lipinski definition) is 6. The fraction of sp³-hybridized carbons (Fsp3) is 0.846. The van der Waals surface area contributed by atoms with Crippen LogP contribution >= 0.6 is 0 Å². The van der Waals surface area contributed by atoms with Crippen LogP contribution in [0.5, 0.6) is 0 Å². The molecule has 0 aromatic carbocycles. The molecule has 0 rings (SSSR count). The zero-order valence-corrected chi connectivity index (χ0v) is 23.5. The van der Waals surface area contributed by atoms with E-state index in [-0.39, 0.29) is 6.54 Å². The molecule has 12 heteroatoms. The lowest BCUT2D eigenvalue weighted by Crippen LogP contribution is -2.57. The van der Waals surface area contributed by atoms with Crippen LogP contribution in [0.25, 0.3) is 0 Å². The SMILES string of the molecule is CCCCCCCCCCCCCCCCCCNC(=O)CC(C(=O)O)(C(CC(=O)O)C(=O)O)S(=O)(=O)O. The molecule has 0 fully saturated rings. The predicted octanol–water partition coefficient (Wildman–Crippen LogP) is 4.64. The van der Waals surface area contributed by atoms with Gasteiger partial charge in [-0.25, -0.2) is 0 Å². The smallest absolute Gasteiger partial charge is 0.329 e. The number of nitrogens with one attached hydrogen (secondary N) is 1. The third kappa shape index (κ3) is 14.1. The molecule has 38 heavy (non-hydrogen) atoms. The minimum absolute atomic E-state index is 0.106. The summed E-state index contributed by atoms with van der Waals surface area (Å²) in [5.41, 5.74) is 0. The number of hydrogen-bond donors (Lipinski definition) is 5. The van der Waals surface area contributed by atoms with Crippen molar-refractivity contribution in [2.45, 2.75) is 127 Å². The van der Waals surface area contributed by atoms with Crippen LogP contribution in [0.4, 0.5) is 0 Å². The maximum atomic E-state index is 12.3. The van der Waals surface area contributed by atoms with Crippen molar-refractivity contribution in [3.05, 3.63) is 0 Å². The third-order valence-electron chi connectivity index (χ3n) is 6.84. The Bertz CT molecular complexity index is 830. The van der Waals surface area contributed by atoms with Crippen molar-refractivity contribution in [3.8, 4) is 0 Å². The first-order valence-corrected chi connectivity index (χ1v) is 15.3. The van der Waals surface area contributed by atoms with Crippen LogP contribution in [-0.4, -0.2) is 63.4 Å². The second-order valence-electron chi connectivity index (χ2n) is 9.99. The van der Waals surface area contributed by atoms with E-state index in [1.807, 2.05) is 0 Å². The molecule has 11 nitrogen and oxygen atoms in total. The van der Waals surface area contributed by atoms with Crippen LogP contribution in [0, 0.1) is 5.92 Å². The molecule has 0 aliphatic rings. The molecule has 1 amide bonds. The summed E-state index contributed by atoms with van der Waals surface area (Å²) in [5, 5.41) is 30.0. The Labute approximate surface area is 226 Å². The lowest BCUT2D eigenvalue weighted by Gasteiger charge is -2.30. The average Bonchev–Trinajstić information content (AvgIpc) is 2.81. The molecule has 0 aliphatic heterocycles. The van der Waals surface area contributed by atoms with Gasteiger partial charge in [0.2, 0.25) is 10.7 Å². The minimum atomic E-state index is -5.68. The first-order valence-electron chi connectivity index (χ1n) is 13.8. The van der Waals surface area contributed by atoms with Crippen molar-refractivity contribution in [3.63, 3.8) is 0 Å². The van der Waals surface area contributed by atoms with Crippen LogP contribution in [0.3, 0.4) is 0 Å². The average molecular weight is 566 g/mol. The normalized spacial score (nSPS) is 13.9. The van der Waals surface area contributed by atoms with Crippen molar-refractivity contribution >= 4 is 33.9 Å². The van der Waals surface area contributed by atoms with Crippen LogP contribution in [0.1, 0.15) is 122 Å². The molecule has 2 atom stereocenters. The van der Waals surface area contributed by atoms with E-state index in [1.54, 1.807) is 0 Å². The summed E-state index contributed by atoms with van der Waals surface area (Å²) >= 11 is 0. The van der Waals surface area contributed by atoms with E-state index < -0.39 is 57.4 Å². The minimum Gasteiger partial charge on any atom is -0.481 e. The van der Waals surface area contributed by atoms with Gasteiger partial charge in [0.05, 0.1) is 12.8 Å². The molecule has 0 aliphatic carbocycles. The number of amides is 1. The van der Waals surface area contributed by atoms with Gasteiger partial charge in [-0.1, -0.05) is 103 Å². The summed E-state index contributed by atoms with van der Waals surface area (Å²) in [6.07, 6.45) is 15.9. The second kappa shape index (κ2) is 19.8. The van der Waals surface area contributed by atoms with Crippen molar-refractivity contribution < 1.29 is 47.5 Å². The largest absolute Gasteiger partial charge is 0.481 e. The van der Waals surface area contributed by atoms with E-state index in [1.165, 1.54) is 70.6 Å². The highest BCUT2D eigenvalue weighted by molar-refractivity contribution is 7.88. The number of carboxylic acid groups (broad SMARTS) is 3. The van der Waals surface area contributed by atoms with Crippen LogP contribution < -0.4 is 5.32 Å². The summed E-state index contributed by atoms with van der Waals surface area (Å²) < 4.78 is 29.9. The Morgan fingerprint density at radius 1 is 0.711 bits per heavy atom. The Balaban J connectivity index is 4.27. The maximum absolute atomic E-state index is 12.3. The van der Waals surface area contributed by atoms with Gasteiger partial charge >= 0.3 is 17.9 Å². The molecule has 0 heterocycles. The van der Waals surface area contributed by atoms with Crippen molar-refractivity contribution in [2.24, 2.45) is 5.92 Å². The molecule has 2 unspecified atom stereocenters. The maximum Gasteiger partial charge on any atom is 0.329 e. The number of carboxylic acids is 3.